The second kappa shape index (κ2) is 8.19. The Morgan fingerprint density at radius 3 is 2.58 bits per heavy atom. The van der Waals surface area contributed by atoms with E-state index in [4.69, 9.17) is 4.74 Å². The SMILES string of the molecule is Cc1ccc(NC(=O)c2ccccc2OCc2cccc(Br)c2)c(C)c1. The lowest BCUT2D eigenvalue weighted by Crippen LogP contribution is -2.14. The van der Waals surface area contributed by atoms with E-state index in [9.17, 15) is 4.79 Å². The van der Waals surface area contributed by atoms with E-state index in [1.807, 2.05) is 74.5 Å². The van der Waals surface area contributed by atoms with E-state index in [0.717, 1.165) is 21.3 Å². The van der Waals surface area contributed by atoms with Crippen LogP contribution in [-0.4, -0.2) is 5.91 Å². The predicted octanol–water partition coefficient (Wildman–Crippen LogP) is 5.90. The van der Waals surface area contributed by atoms with E-state index in [2.05, 4.69) is 21.2 Å². The Kier molecular flexibility index (Phi) is 5.74. The molecule has 0 fully saturated rings. The third-order valence-electron chi connectivity index (χ3n) is 4.05. The van der Waals surface area contributed by atoms with Crippen molar-refractivity contribution in [3.8, 4) is 5.75 Å². The molecule has 3 aromatic carbocycles. The van der Waals surface area contributed by atoms with Gasteiger partial charge in [-0.25, -0.2) is 0 Å². The van der Waals surface area contributed by atoms with Crippen LogP contribution in [-0.2, 0) is 6.61 Å². The summed E-state index contributed by atoms with van der Waals surface area (Å²) in [4.78, 5) is 12.7. The van der Waals surface area contributed by atoms with Crippen molar-refractivity contribution in [2.45, 2.75) is 20.5 Å². The van der Waals surface area contributed by atoms with Gasteiger partial charge in [-0.05, 0) is 55.3 Å². The number of nitrogens with one attached hydrogen (secondary N) is 1. The van der Waals surface area contributed by atoms with Crippen molar-refractivity contribution in [2.75, 3.05) is 5.32 Å². The van der Waals surface area contributed by atoms with Crippen molar-refractivity contribution in [1.29, 1.82) is 0 Å². The minimum atomic E-state index is -0.179. The van der Waals surface area contributed by atoms with Crippen molar-refractivity contribution in [1.82, 2.24) is 0 Å². The number of amides is 1. The molecule has 0 aliphatic heterocycles. The number of rotatable bonds is 5. The number of hydrogen-bond donors (Lipinski definition) is 1. The summed E-state index contributed by atoms with van der Waals surface area (Å²) in [6, 6.07) is 21.2. The van der Waals surface area contributed by atoms with Gasteiger partial charge in [-0.2, -0.15) is 0 Å². The summed E-state index contributed by atoms with van der Waals surface area (Å²) in [6.07, 6.45) is 0. The highest BCUT2D eigenvalue weighted by Gasteiger charge is 2.13. The molecular weight excluding hydrogens is 390 g/mol. The fraction of sp³-hybridized carbons (Fsp3) is 0.136. The maximum Gasteiger partial charge on any atom is 0.259 e. The normalized spacial score (nSPS) is 10.4. The maximum atomic E-state index is 12.7. The number of hydrogen-bond acceptors (Lipinski definition) is 2. The second-order valence-corrected chi connectivity index (χ2v) is 7.10. The van der Waals surface area contributed by atoms with Crippen molar-refractivity contribution in [3.63, 3.8) is 0 Å². The van der Waals surface area contributed by atoms with Crippen LogP contribution in [0.5, 0.6) is 5.75 Å². The fourth-order valence-electron chi connectivity index (χ4n) is 2.71. The molecule has 0 saturated heterocycles. The number of anilines is 1. The third kappa shape index (κ3) is 4.52. The molecule has 0 unspecified atom stereocenters. The lowest BCUT2D eigenvalue weighted by atomic mass is 10.1. The zero-order chi connectivity index (χ0) is 18.5. The van der Waals surface area contributed by atoms with Gasteiger partial charge in [0.2, 0.25) is 0 Å². The van der Waals surface area contributed by atoms with E-state index >= 15 is 0 Å². The lowest BCUT2D eigenvalue weighted by Gasteiger charge is -2.13. The largest absolute Gasteiger partial charge is 0.488 e. The average molecular weight is 410 g/mol. The monoisotopic (exact) mass is 409 g/mol. The molecule has 0 spiro atoms. The Morgan fingerprint density at radius 1 is 1.00 bits per heavy atom. The summed E-state index contributed by atoms with van der Waals surface area (Å²) in [5.74, 6) is 0.386. The molecule has 3 aromatic rings. The molecule has 3 rings (SSSR count). The molecule has 4 heteroatoms. The van der Waals surface area contributed by atoms with Crippen LogP contribution in [0.1, 0.15) is 27.0 Å². The molecule has 0 aromatic heterocycles. The van der Waals surface area contributed by atoms with E-state index in [0.29, 0.717) is 17.9 Å². The summed E-state index contributed by atoms with van der Waals surface area (Å²) < 4.78 is 6.90. The highest BCUT2D eigenvalue weighted by Crippen LogP contribution is 2.23. The van der Waals surface area contributed by atoms with E-state index < -0.39 is 0 Å². The highest BCUT2D eigenvalue weighted by atomic mass is 79.9. The molecule has 132 valence electrons. The summed E-state index contributed by atoms with van der Waals surface area (Å²) in [5.41, 5.74) is 4.55. The van der Waals surface area contributed by atoms with Crippen LogP contribution >= 0.6 is 15.9 Å². The van der Waals surface area contributed by atoms with Gasteiger partial charge in [0.05, 0.1) is 5.56 Å². The molecule has 26 heavy (non-hydrogen) atoms. The number of halogens is 1. The van der Waals surface area contributed by atoms with Gasteiger partial charge in [0, 0.05) is 10.2 Å². The second-order valence-electron chi connectivity index (χ2n) is 6.19. The van der Waals surface area contributed by atoms with Crippen LogP contribution in [0.3, 0.4) is 0 Å². The van der Waals surface area contributed by atoms with Gasteiger partial charge >= 0.3 is 0 Å². The smallest absolute Gasteiger partial charge is 0.259 e. The first kappa shape index (κ1) is 18.2. The number of para-hydroxylation sites is 1. The molecule has 0 bridgehead atoms. The molecule has 0 radical (unpaired) electrons. The van der Waals surface area contributed by atoms with Crippen molar-refractivity contribution in [3.05, 3.63) is 93.5 Å². The summed E-state index contributed by atoms with van der Waals surface area (Å²) in [5, 5.41) is 2.97. The minimum Gasteiger partial charge on any atom is -0.488 e. The Labute approximate surface area is 162 Å². The van der Waals surface area contributed by atoms with Gasteiger partial charge in [-0.15, -0.1) is 0 Å². The highest BCUT2D eigenvalue weighted by molar-refractivity contribution is 9.10. The lowest BCUT2D eigenvalue weighted by molar-refractivity contribution is 0.102. The predicted molar refractivity (Wildman–Crippen MR) is 109 cm³/mol. The number of carbonyl (C=O) groups excluding carboxylic acids is 1. The first-order valence-electron chi connectivity index (χ1n) is 8.38. The van der Waals surface area contributed by atoms with Gasteiger partial charge in [-0.1, -0.05) is 57.9 Å². The van der Waals surface area contributed by atoms with Gasteiger partial charge in [0.1, 0.15) is 12.4 Å². The van der Waals surface area contributed by atoms with E-state index in [1.165, 1.54) is 5.56 Å². The zero-order valence-electron chi connectivity index (χ0n) is 14.8. The number of benzene rings is 3. The molecule has 0 aliphatic rings. The first-order chi connectivity index (χ1) is 12.5. The van der Waals surface area contributed by atoms with E-state index in [1.54, 1.807) is 6.07 Å². The molecule has 0 aliphatic carbocycles. The molecule has 0 heterocycles. The van der Waals surface area contributed by atoms with Crippen molar-refractivity contribution in [2.24, 2.45) is 0 Å². The number of ether oxygens (including phenoxy) is 1. The topological polar surface area (TPSA) is 38.3 Å². The van der Waals surface area contributed by atoms with E-state index in [-0.39, 0.29) is 5.91 Å². The van der Waals surface area contributed by atoms with Gasteiger partial charge < -0.3 is 10.1 Å². The number of carbonyl (C=O) groups is 1. The minimum absolute atomic E-state index is 0.179. The van der Waals surface area contributed by atoms with Crippen LogP contribution in [0.15, 0.2) is 71.2 Å². The zero-order valence-corrected chi connectivity index (χ0v) is 16.3. The van der Waals surface area contributed by atoms with Crippen LogP contribution in [0, 0.1) is 13.8 Å². The van der Waals surface area contributed by atoms with Crippen molar-refractivity contribution < 1.29 is 9.53 Å². The van der Waals surface area contributed by atoms with Crippen LogP contribution in [0.2, 0.25) is 0 Å². The first-order valence-corrected chi connectivity index (χ1v) is 9.17. The molecule has 1 amide bonds. The maximum absolute atomic E-state index is 12.7. The number of aryl methyl sites for hydroxylation is 2. The molecular formula is C22H20BrNO2. The molecule has 0 atom stereocenters. The van der Waals surface area contributed by atoms with Crippen LogP contribution < -0.4 is 10.1 Å². The molecule has 3 nitrogen and oxygen atoms in total. The Bertz CT molecular complexity index is 937. The van der Waals surface area contributed by atoms with Gasteiger partial charge in [0.25, 0.3) is 5.91 Å². The Morgan fingerprint density at radius 2 is 1.81 bits per heavy atom. The summed E-state index contributed by atoms with van der Waals surface area (Å²) in [7, 11) is 0. The average Bonchev–Trinajstić information content (AvgIpc) is 2.62. The standard InChI is InChI=1S/C22H20BrNO2/c1-15-10-11-20(16(2)12-15)24-22(25)19-8-3-4-9-21(19)26-14-17-6-5-7-18(23)13-17/h3-13H,14H2,1-2H3,(H,24,25). The fourth-order valence-corrected chi connectivity index (χ4v) is 3.16. The summed E-state index contributed by atoms with van der Waals surface area (Å²) in [6.45, 7) is 4.41. The Hall–Kier alpha value is -2.59. The third-order valence-corrected chi connectivity index (χ3v) is 4.54. The van der Waals surface area contributed by atoms with Gasteiger partial charge in [0.15, 0.2) is 0 Å². The van der Waals surface area contributed by atoms with Crippen molar-refractivity contribution >= 4 is 27.5 Å². The van der Waals surface area contributed by atoms with Crippen LogP contribution in [0.25, 0.3) is 0 Å². The summed E-state index contributed by atoms with van der Waals surface area (Å²) >= 11 is 3.46. The van der Waals surface area contributed by atoms with Crippen LogP contribution in [0.4, 0.5) is 5.69 Å². The van der Waals surface area contributed by atoms with Gasteiger partial charge in [-0.3, -0.25) is 4.79 Å². The molecule has 0 saturated carbocycles. The molecule has 1 N–H and O–H groups in total. The quantitative estimate of drug-likeness (QED) is 0.569. The Balaban J connectivity index is 1.76.